The van der Waals surface area contributed by atoms with Crippen LogP contribution < -0.4 is 5.73 Å². The van der Waals surface area contributed by atoms with Gasteiger partial charge in [0.2, 0.25) is 0 Å². The molecule has 0 aliphatic rings. The highest BCUT2D eigenvalue weighted by Crippen LogP contribution is 2.18. The smallest absolute Gasteiger partial charge is 0.323 e. The minimum atomic E-state index is -0.801. The summed E-state index contributed by atoms with van der Waals surface area (Å²) in [5, 5.41) is 10.9. The Balaban J connectivity index is 1.94. The molecule has 1 atom stereocenters. The van der Waals surface area contributed by atoms with Crippen LogP contribution in [0, 0.1) is 10.1 Å². The second-order valence-electron chi connectivity index (χ2n) is 4.79. The molecule has 1 unspecified atom stereocenters. The van der Waals surface area contributed by atoms with Crippen LogP contribution in [0.15, 0.2) is 54.6 Å². The first kappa shape index (κ1) is 15.7. The van der Waals surface area contributed by atoms with Crippen LogP contribution in [0.25, 0.3) is 0 Å². The van der Waals surface area contributed by atoms with Gasteiger partial charge in [-0.3, -0.25) is 14.9 Å². The molecule has 0 spiro atoms. The predicted octanol–water partition coefficient (Wildman–Crippen LogP) is 2.21. The topological polar surface area (TPSA) is 95.5 Å². The number of carbonyl (C=O) groups excluding carboxylic acids is 1. The van der Waals surface area contributed by atoms with E-state index < -0.39 is 16.9 Å². The second-order valence-corrected chi connectivity index (χ2v) is 4.79. The SMILES string of the molecule is NC(Cc1ccccc1)C(=O)OCc1ccccc1[N+](=O)[O-]. The maximum atomic E-state index is 11.9. The fourth-order valence-electron chi connectivity index (χ4n) is 2.02. The van der Waals surface area contributed by atoms with Gasteiger partial charge in [-0.2, -0.15) is 0 Å². The maximum absolute atomic E-state index is 11.9. The lowest BCUT2D eigenvalue weighted by Gasteiger charge is -2.11. The van der Waals surface area contributed by atoms with Crippen LogP contribution in [-0.2, 0) is 22.6 Å². The molecule has 6 heteroatoms. The second kappa shape index (κ2) is 7.33. The lowest BCUT2D eigenvalue weighted by molar-refractivity contribution is -0.385. The molecule has 0 aromatic heterocycles. The number of esters is 1. The molecule has 2 rings (SSSR count). The summed E-state index contributed by atoms with van der Waals surface area (Å²) in [5.41, 5.74) is 6.99. The maximum Gasteiger partial charge on any atom is 0.323 e. The first-order chi connectivity index (χ1) is 10.6. The van der Waals surface area contributed by atoms with Gasteiger partial charge in [0, 0.05) is 6.07 Å². The number of nitro benzene ring substituents is 1. The number of hydrogen-bond donors (Lipinski definition) is 1. The Bertz CT molecular complexity index is 658. The summed E-state index contributed by atoms with van der Waals surface area (Å²) in [6.07, 6.45) is 0.358. The highest BCUT2D eigenvalue weighted by Gasteiger charge is 2.18. The molecular weight excluding hydrogens is 284 g/mol. The number of rotatable bonds is 6. The zero-order valence-corrected chi connectivity index (χ0v) is 11.8. The average molecular weight is 300 g/mol. The average Bonchev–Trinajstić information content (AvgIpc) is 2.53. The van der Waals surface area contributed by atoms with Gasteiger partial charge < -0.3 is 10.5 Å². The lowest BCUT2D eigenvalue weighted by atomic mass is 10.1. The molecule has 6 nitrogen and oxygen atoms in total. The van der Waals surface area contributed by atoms with E-state index in [9.17, 15) is 14.9 Å². The van der Waals surface area contributed by atoms with E-state index in [-0.39, 0.29) is 12.3 Å². The largest absolute Gasteiger partial charge is 0.459 e. The van der Waals surface area contributed by atoms with Gasteiger partial charge >= 0.3 is 5.97 Å². The Hall–Kier alpha value is -2.73. The molecule has 0 saturated heterocycles. The summed E-state index contributed by atoms with van der Waals surface area (Å²) < 4.78 is 5.08. The molecule has 22 heavy (non-hydrogen) atoms. The Morgan fingerprint density at radius 3 is 2.45 bits per heavy atom. The first-order valence-electron chi connectivity index (χ1n) is 6.76. The van der Waals surface area contributed by atoms with Crippen LogP contribution in [0.2, 0.25) is 0 Å². The monoisotopic (exact) mass is 300 g/mol. The minimum Gasteiger partial charge on any atom is -0.459 e. The number of benzene rings is 2. The van der Waals surface area contributed by atoms with Gasteiger partial charge in [-0.05, 0) is 18.1 Å². The van der Waals surface area contributed by atoms with E-state index in [1.165, 1.54) is 6.07 Å². The molecular formula is C16H16N2O4. The molecule has 0 aliphatic heterocycles. The van der Waals surface area contributed by atoms with E-state index in [4.69, 9.17) is 10.5 Å². The number of hydrogen-bond acceptors (Lipinski definition) is 5. The number of carbonyl (C=O) groups is 1. The van der Waals surface area contributed by atoms with Gasteiger partial charge in [0.25, 0.3) is 5.69 Å². The van der Waals surface area contributed by atoms with Crippen molar-refractivity contribution in [3.8, 4) is 0 Å². The van der Waals surface area contributed by atoms with Crippen molar-refractivity contribution in [3.05, 3.63) is 75.8 Å². The van der Waals surface area contributed by atoms with E-state index >= 15 is 0 Å². The number of nitro groups is 1. The Morgan fingerprint density at radius 2 is 1.77 bits per heavy atom. The van der Waals surface area contributed by atoms with Crippen molar-refractivity contribution >= 4 is 11.7 Å². The Kier molecular flexibility index (Phi) is 5.21. The van der Waals surface area contributed by atoms with E-state index in [2.05, 4.69) is 0 Å². The van der Waals surface area contributed by atoms with Gasteiger partial charge in [-0.25, -0.2) is 0 Å². The molecule has 0 amide bonds. The van der Waals surface area contributed by atoms with Gasteiger partial charge in [0.1, 0.15) is 12.6 Å². The molecule has 2 aromatic carbocycles. The fraction of sp³-hybridized carbons (Fsp3) is 0.188. The third-order valence-electron chi connectivity index (χ3n) is 3.16. The van der Waals surface area contributed by atoms with Crippen molar-refractivity contribution in [2.45, 2.75) is 19.1 Å². The summed E-state index contributed by atoms with van der Waals surface area (Å²) in [6, 6.07) is 14.7. The number of nitrogens with two attached hydrogens (primary N) is 1. The van der Waals surface area contributed by atoms with E-state index in [0.29, 0.717) is 12.0 Å². The van der Waals surface area contributed by atoms with Crippen molar-refractivity contribution in [1.29, 1.82) is 0 Å². The minimum absolute atomic E-state index is 0.0769. The molecule has 0 radical (unpaired) electrons. The molecule has 2 aromatic rings. The van der Waals surface area contributed by atoms with Crippen LogP contribution in [0.1, 0.15) is 11.1 Å². The predicted molar refractivity (Wildman–Crippen MR) is 81.0 cm³/mol. The van der Waals surface area contributed by atoms with Crippen molar-refractivity contribution in [1.82, 2.24) is 0 Å². The van der Waals surface area contributed by atoms with Gasteiger partial charge in [0.05, 0.1) is 10.5 Å². The van der Waals surface area contributed by atoms with Crippen LogP contribution in [0.3, 0.4) is 0 Å². The van der Waals surface area contributed by atoms with Crippen molar-refractivity contribution in [3.63, 3.8) is 0 Å². The Morgan fingerprint density at radius 1 is 1.14 bits per heavy atom. The highest BCUT2D eigenvalue weighted by atomic mass is 16.6. The zero-order valence-electron chi connectivity index (χ0n) is 11.8. The fourth-order valence-corrected chi connectivity index (χ4v) is 2.02. The van der Waals surface area contributed by atoms with Gasteiger partial charge in [0.15, 0.2) is 0 Å². The molecule has 2 N–H and O–H groups in total. The molecule has 0 aliphatic carbocycles. The summed E-state index contributed by atoms with van der Waals surface area (Å²) in [7, 11) is 0. The van der Waals surface area contributed by atoms with E-state index in [1.54, 1.807) is 18.2 Å². The number of ether oxygens (including phenoxy) is 1. The number of para-hydroxylation sites is 1. The van der Waals surface area contributed by atoms with Gasteiger partial charge in [-0.15, -0.1) is 0 Å². The molecule has 114 valence electrons. The molecule has 0 fully saturated rings. The number of nitrogens with zero attached hydrogens (tertiary/aromatic N) is 1. The molecule has 0 saturated carbocycles. The Labute approximate surface area is 127 Å². The normalized spacial score (nSPS) is 11.7. The zero-order chi connectivity index (χ0) is 15.9. The summed E-state index contributed by atoms with van der Waals surface area (Å²) in [4.78, 5) is 22.3. The quantitative estimate of drug-likeness (QED) is 0.501. The van der Waals surface area contributed by atoms with Crippen molar-refractivity contribution in [2.75, 3.05) is 0 Å². The van der Waals surface area contributed by atoms with E-state index in [1.807, 2.05) is 30.3 Å². The highest BCUT2D eigenvalue weighted by molar-refractivity contribution is 5.76. The van der Waals surface area contributed by atoms with Gasteiger partial charge in [-0.1, -0.05) is 42.5 Å². The summed E-state index contributed by atoms with van der Waals surface area (Å²) >= 11 is 0. The van der Waals surface area contributed by atoms with Crippen LogP contribution in [-0.4, -0.2) is 16.9 Å². The van der Waals surface area contributed by atoms with Crippen LogP contribution >= 0.6 is 0 Å². The third-order valence-corrected chi connectivity index (χ3v) is 3.16. The van der Waals surface area contributed by atoms with E-state index in [0.717, 1.165) is 5.56 Å². The molecule has 0 heterocycles. The summed E-state index contributed by atoms with van der Waals surface area (Å²) in [6.45, 7) is -0.168. The third kappa shape index (κ3) is 4.13. The summed E-state index contributed by atoms with van der Waals surface area (Å²) in [5.74, 6) is -0.581. The molecule has 0 bridgehead atoms. The van der Waals surface area contributed by atoms with Crippen molar-refractivity contribution < 1.29 is 14.5 Å². The standard InChI is InChI=1S/C16H16N2O4/c17-14(10-12-6-2-1-3-7-12)16(19)22-11-13-8-4-5-9-15(13)18(20)21/h1-9,14H,10-11,17H2. The van der Waals surface area contributed by atoms with Crippen LogP contribution in [0.4, 0.5) is 5.69 Å². The van der Waals surface area contributed by atoms with Crippen LogP contribution in [0.5, 0.6) is 0 Å². The van der Waals surface area contributed by atoms with Crippen molar-refractivity contribution in [2.24, 2.45) is 5.73 Å². The lowest BCUT2D eigenvalue weighted by Crippen LogP contribution is -2.34. The first-order valence-corrected chi connectivity index (χ1v) is 6.76.